The van der Waals surface area contributed by atoms with Gasteiger partial charge >= 0.3 is 0 Å². The average molecular weight is 372 g/mol. The molecule has 4 rings (SSSR count). The highest BCUT2D eigenvalue weighted by molar-refractivity contribution is 7.89. The molecule has 2 fully saturated rings. The number of nitrogens with zero attached hydrogens (tertiary/aromatic N) is 2. The lowest BCUT2D eigenvalue weighted by atomic mass is 10.1. The van der Waals surface area contributed by atoms with Crippen LogP contribution in [0.4, 0.5) is 0 Å². The van der Waals surface area contributed by atoms with E-state index in [1.165, 1.54) is 4.31 Å². The first-order chi connectivity index (χ1) is 12.6. The van der Waals surface area contributed by atoms with Crippen molar-refractivity contribution in [2.75, 3.05) is 19.7 Å². The lowest BCUT2D eigenvalue weighted by molar-refractivity contribution is -0.153. The molecule has 0 radical (unpaired) electrons. The van der Waals surface area contributed by atoms with Crippen LogP contribution in [0.1, 0.15) is 5.56 Å². The number of carbonyl (C=O) groups excluding carboxylic acids is 1. The van der Waals surface area contributed by atoms with Gasteiger partial charge < -0.3 is 9.64 Å². The fourth-order valence-corrected chi connectivity index (χ4v) is 5.05. The first-order valence-corrected chi connectivity index (χ1v) is 10.00. The number of morpholine rings is 1. The molecule has 2 heterocycles. The highest BCUT2D eigenvalue weighted by Gasteiger charge is 2.46. The van der Waals surface area contributed by atoms with Crippen LogP contribution in [0.2, 0.25) is 0 Å². The number of carbonyl (C=O) groups is 1. The van der Waals surface area contributed by atoms with Crippen molar-refractivity contribution >= 4 is 15.9 Å². The summed E-state index contributed by atoms with van der Waals surface area (Å²) in [6.07, 6.45) is -0.296. The van der Waals surface area contributed by atoms with Crippen molar-refractivity contribution < 1.29 is 17.9 Å². The van der Waals surface area contributed by atoms with Gasteiger partial charge in [0, 0.05) is 19.6 Å². The number of hydrogen-bond acceptors (Lipinski definition) is 4. The number of sulfonamides is 1. The number of amides is 1. The summed E-state index contributed by atoms with van der Waals surface area (Å²) in [7, 11) is -3.60. The van der Waals surface area contributed by atoms with Crippen molar-refractivity contribution in [2.24, 2.45) is 0 Å². The van der Waals surface area contributed by atoms with Gasteiger partial charge in [-0.2, -0.15) is 4.31 Å². The largest absolute Gasteiger partial charge is 0.365 e. The van der Waals surface area contributed by atoms with Gasteiger partial charge in [-0.1, -0.05) is 48.5 Å². The Labute approximate surface area is 153 Å². The molecule has 2 aromatic rings. The summed E-state index contributed by atoms with van der Waals surface area (Å²) in [6, 6.07) is 17.8. The summed E-state index contributed by atoms with van der Waals surface area (Å²) in [6.45, 7) is 0.970. The van der Waals surface area contributed by atoms with E-state index in [1.807, 2.05) is 30.3 Å². The van der Waals surface area contributed by atoms with E-state index < -0.39 is 10.0 Å². The molecular weight excluding hydrogens is 352 g/mol. The molecule has 0 saturated carbocycles. The fourth-order valence-electron chi connectivity index (χ4n) is 3.56. The Morgan fingerprint density at radius 1 is 0.962 bits per heavy atom. The second-order valence-electron chi connectivity index (χ2n) is 6.56. The number of fused-ring (bicyclic) bond motifs is 1. The zero-order valence-corrected chi connectivity index (χ0v) is 15.0. The summed E-state index contributed by atoms with van der Waals surface area (Å²) in [5.74, 6) is -0.103. The first-order valence-electron chi connectivity index (χ1n) is 8.56. The van der Waals surface area contributed by atoms with E-state index in [9.17, 15) is 13.2 Å². The molecule has 26 heavy (non-hydrogen) atoms. The zero-order valence-electron chi connectivity index (χ0n) is 14.2. The Kier molecular flexibility index (Phi) is 4.52. The minimum absolute atomic E-state index is 0.00672. The van der Waals surface area contributed by atoms with Crippen molar-refractivity contribution in [3.63, 3.8) is 0 Å². The molecule has 0 aromatic heterocycles. The predicted molar refractivity (Wildman–Crippen MR) is 95.7 cm³/mol. The van der Waals surface area contributed by atoms with Crippen LogP contribution >= 0.6 is 0 Å². The Bertz CT molecular complexity index is 886. The maximum absolute atomic E-state index is 12.9. The molecule has 2 aromatic carbocycles. The van der Waals surface area contributed by atoms with E-state index in [-0.39, 0.29) is 42.6 Å². The molecule has 0 N–H and O–H groups in total. The van der Waals surface area contributed by atoms with Crippen LogP contribution in [-0.4, -0.2) is 55.4 Å². The van der Waals surface area contributed by atoms with E-state index in [4.69, 9.17) is 4.74 Å². The molecule has 136 valence electrons. The maximum atomic E-state index is 12.9. The van der Waals surface area contributed by atoms with Crippen molar-refractivity contribution in [1.29, 1.82) is 0 Å². The smallest absolute Gasteiger partial charge is 0.249 e. The van der Waals surface area contributed by atoms with Crippen molar-refractivity contribution in [2.45, 2.75) is 23.6 Å². The molecule has 0 unspecified atom stereocenters. The molecule has 2 aliphatic rings. The van der Waals surface area contributed by atoms with Gasteiger partial charge in [-0.05, 0) is 17.7 Å². The van der Waals surface area contributed by atoms with Crippen LogP contribution in [-0.2, 0) is 26.1 Å². The Morgan fingerprint density at radius 2 is 1.62 bits per heavy atom. The van der Waals surface area contributed by atoms with Crippen LogP contribution < -0.4 is 0 Å². The minimum Gasteiger partial charge on any atom is -0.365 e. The summed E-state index contributed by atoms with van der Waals surface area (Å²) in [5, 5.41) is 0. The van der Waals surface area contributed by atoms with Gasteiger partial charge in [0.2, 0.25) is 15.9 Å². The minimum atomic E-state index is -3.60. The quantitative estimate of drug-likeness (QED) is 0.816. The monoisotopic (exact) mass is 372 g/mol. The van der Waals surface area contributed by atoms with Crippen LogP contribution in [0.3, 0.4) is 0 Å². The number of ether oxygens (including phenoxy) is 1. The van der Waals surface area contributed by atoms with Crippen molar-refractivity contribution in [3.8, 4) is 0 Å². The van der Waals surface area contributed by atoms with Gasteiger partial charge in [0.05, 0.1) is 17.0 Å². The topological polar surface area (TPSA) is 66.9 Å². The average Bonchev–Trinajstić information content (AvgIpc) is 3.11. The van der Waals surface area contributed by atoms with E-state index in [0.717, 1.165) is 5.56 Å². The number of benzene rings is 2. The lowest BCUT2D eigenvalue weighted by Gasteiger charge is -2.36. The molecule has 1 amide bonds. The molecule has 7 heteroatoms. The fraction of sp³-hybridized carbons (Fsp3) is 0.316. The van der Waals surface area contributed by atoms with E-state index in [1.54, 1.807) is 35.2 Å². The molecule has 2 saturated heterocycles. The number of rotatable bonds is 4. The van der Waals surface area contributed by atoms with Gasteiger partial charge in [-0.3, -0.25) is 4.79 Å². The summed E-state index contributed by atoms with van der Waals surface area (Å²) >= 11 is 0. The maximum Gasteiger partial charge on any atom is 0.249 e. The Balaban J connectivity index is 1.57. The third-order valence-corrected chi connectivity index (χ3v) is 6.77. The predicted octanol–water partition coefficient (Wildman–Crippen LogP) is 1.49. The van der Waals surface area contributed by atoms with Gasteiger partial charge in [0.1, 0.15) is 6.61 Å². The zero-order chi connectivity index (χ0) is 18.1. The molecule has 2 aliphatic heterocycles. The van der Waals surface area contributed by atoms with Gasteiger partial charge in [-0.15, -0.1) is 0 Å². The third-order valence-electron chi connectivity index (χ3n) is 4.92. The summed E-state index contributed by atoms with van der Waals surface area (Å²) in [5.41, 5.74) is 1.02. The first kappa shape index (κ1) is 17.2. The molecule has 0 aliphatic carbocycles. The number of hydrogen-bond donors (Lipinski definition) is 0. The molecule has 6 nitrogen and oxygen atoms in total. The van der Waals surface area contributed by atoms with Crippen LogP contribution in [0.25, 0.3) is 0 Å². The van der Waals surface area contributed by atoms with Crippen LogP contribution in [0, 0.1) is 0 Å². The van der Waals surface area contributed by atoms with Crippen molar-refractivity contribution in [3.05, 3.63) is 66.2 Å². The molecule has 2 atom stereocenters. The Hall–Kier alpha value is -2.22. The second-order valence-corrected chi connectivity index (χ2v) is 8.50. The summed E-state index contributed by atoms with van der Waals surface area (Å²) in [4.78, 5) is 14.4. The van der Waals surface area contributed by atoms with Crippen LogP contribution in [0.5, 0.6) is 0 Å². The SMILES string of the molecule is O=C1CO[C@H]2CN(S(=O)(=O)c3ccccc3)C[C@H]2N1Cc1ccccc1. The molecule has 0 spiro atoms. The van der Waals surface area contributed by atoms with Gasteiger partial charge in [0.15, 0.2) is 0 Å². The standard InChI is InChI=1S/C19H20N2O4S/c22-19-14-25-18-13-20(26(23,24)16-9-5-2-6-10-16)12-17(18)21(19)11-15-7-3-1-4-8-15/h1-10,17-18H,11-14H2/t17-,18+/m1/s1. The third kappa shape index (κ3) is 3.13. The van der Waals surface area contributed by atoms with Crippen LogP contribution in [0.15, 0.2) is 65.6 Å². The van der Waals surface area contributed by atoms with E-state index >= 15 is 0 Å². The highest BCUT2D eigenvalue weighted by atomic mass is 32.2. The molecular formula is C19H20N2O4S. The normalized spacial score (nSPS) is 23.8. The van der Waals surface area contributed by atoms with Crippen molar-refractivity contribution in [1.82, 2.24) is 9.21 Å². The Morgan fingerprint density at radius 3 is 2.31 bits per heavy atom. The molecule has 0 bridgehead atoms. The van der Waals surface area contributed by atoms with E-state index in [0.29, 0.717) is 6.54 Å². The van der Waals surface area contributed by atoms with Gasteiger partial charge in [-0.25, -0.2) is 8.42 Å². The summed E-state index contributed by atoms with van der Waals surface area (Å²) < 4.78 is 32.9. The highest BCUT2D eigenvalue weighted by Crippen LogP contribution is 2.29. The second kappa shape index (κ2) is 6.83. The van der Waals surface area contributed by atoms with E-state index in [2.05, 4.69) is 0 Å². The lowest BCUT2D eigenvalue weighted by Crippen LogP contribution is -2.53. The van der Waals surface area contributed by atoms with Gasteiger partial charge in [0.25, 0.3) is 0 Å².